The van der Waals surface area contributed by atoms with E-state index in [9.17, 15) is 18.0 Å². The first-order valence-electron chi connectivity index (χ1n) is 8.66. The molecule has 29 heavy (non-hydrogen) atoms. The number of hydrogen-bond donors (Lipinski definition) is 1. The minimum absolute atomic E-state index is 0.390. The van der Waals surface area contributed by atoms with Crippen LogP contribution in [-0.4, -0.2) is 16.4 Å². The second-order valence-corrected chi connectivity index (χ2v) is 7.93. The molecule has 1 aliphatic heterocycles. The number of thiophene rings is 1. The van der Waals surface area contributed by atoms with Crippen LogP contribution in [0.25, 0.3) is 21.2 Å². The molecular weight excluding hydrogens is 403 g/mol. The van der Waals surface area contributed by atoms with Gasteiger partial charge in [-0.2, -0.15) is 18.3 Å². The van der Waals surface area contributed by atoms with Crippen LogP contribution >= 0.6 is 11.3 Å². The summed E-state index contributed by atoms with van der Waals surface area (Å²) in [4.78, 5) is 14.9. The average molecular weight is 415 g/mol. The normalized spacial score (nSPS) is 14.6. The molecule has 1 N–H and O–H groups in total. The molecule has 2 aromatic carbocycles. The molecular formula is C20H12F3N3O2S. The molecule has 0 spiro atoms. The number of aromatic nitrogens is 1. The summed E-state index contributed by atoms with van der Waals surface area (Å²) in [6, 6.07) is 8.91. The first-order chi connectivity index (χ1) is 13.8. The lowest BCUT2D eigenvalue weighted by Crippen LogP contribution is -2.05. The van der Waals surface area contributed by atoms with Crippen molar-refractivity contribution in [2.75, 3.05) is 0 Å². The Kier molecular flexibility index (Phi) is 3.79. The van der Waals surface area contributed by atoms with Gasteiger partial charge in [-0.05, 0) is 54.3 Å². The fourth-order valence-corrected chi connectivity index (χ4v) is 4.47. The lowest BCUT2D eigenvalue weighted by Gasteiger charge is -2.07. The van der Waals surface area contributed by atoms with Gasteiger partial charge in [-0.1, -0.05) is 0 Å². The number of rotatable bonds is 1. The van der Waals surface area contributed by atoms with Gasteiger partial charge in [0.25, 0.3) is 0 Å². The lowest BCUT2D eigenvalue weighted by molar-refractivity contribution is -0.137. The van der Waals surface area contributed by atoms with Gasteiger partial charge in [0.1, 0.15) is 5.71 Å². The summed E-state index contributed by atoms with van der Waals surface area (Å²) >= 11 is 1.34. The van der Waals surface area contributed by atoms with Crippen molar-refractivity contribution in [2.45, 2.75) is 19.5 Å². The Hall–Kier alpha value is -3.20. The van der Waals surface area contributed by atoms with E-state index >= 15 is 0 Å². The zero-order valence-electron chi connectivity index (χ0n) is 14.9. The van der Waals surface area contributed by atoms with Gasteiger partial charge in [0, 0.05) is 22.4 Å². The van der Waals surface area contributed by atoms with Crippen LogP contribution in [0.5, 0.6) is 0 Å². The van der Waals surface area contributed by atoms with Crippen LogP contribution in [0.1, 0.15) is 28.5 Å². The smallest absolute Gasteiger partial charge is 0.408 e. The summed E-state index contributed by atoms with van der Waals surface area (Å²) in [6.07, 6.45) is -3.86. The third-order valence-electron chi connectivity index (χ3n) is 4.74. The molecule has 4 aromatic rings. The van der Waals surface area contributed by atoms with Crippen molar-refractivity contribution in [1.82, 2.24) is 4.98 Å². The molecule has 3 heterocycles. The quantitative estimate of drug-likeness (QED) is 0.469. The predicted octanol–water partition coefficient (Wildman–Crippen LogP) is 5.12. The number of hydrogen-bond acceptors (Lipinski definition) is 5. The fourth-order valence-electron chi connectivity index (χ4n) is 3.43. The monoisotopic (exact) mass is 415 g/mol. The van der Waals surface area contributed by atoms with Gasteiger partial charge in [-0.15, -0.1) is 16.4 Å². The SMILES string of the molecule is CC1=NN=C(c2cc3cc(C(F)(F)F)ccc3s2)c2cc3oc(=O)[nH]c3cc2C1. The Morgan fingerprint density at radius 1 is 1.14 bits per heavy atom. The van der Waals surface area contributed by atoms with Crippen LogP contribution in [0.4, 0.5) is 13.2 Å². The van der Waals surface area contributed by atoms with E-state index in [1.807, 2.05) is 13.0 Å². The van der Waals surface area contributed by atoms with Crippen molar-refractivity contribution >= 4 is 43.9 Å². The summed E-state index contributed by atoms with van der Waals surface area (Å²) in [5.74, 6) is -0.550. The van der Waals surface area contributed by atoms with Gasteiger partial charge in [-0.25, -0.2) is 4.79 Å². The maximum absolute atomic E-state index is 13.0. The Morgan fingerprint density at radius 2 is 1.97 bits per heavy atom. The van der Waals surface area contributed by atoms with Gasteiger partial charge in [0.05, 0.1) is 16.0 Å². The third kappa shape index (κ3) is 3.07. The number of nitrogens with one attached hydrogen (secondary N) is 1. The highest BCUT2D eigenvalue weighted by atomic mass is 32.1. The maximum Gasteiger partial charge on any atom is 0.417 e. The van der Waals surface area contributed by atoms with Crippen LogP contribution < -0.4 is 5.76 Å². The largest absolute Gasteiger partial charge is 0.417 e. The van der Waals surface area contributed by atoms with E-state index in [4.69, 9.17) is 4.42 Å². The molecule has 0 fully saturated rings. The molecule has 9 heteroatoms. The molecule has 0 bridgehead atoms. The zero-order valence-corrected chi connectivity index (χ0v) is 15.7. The van der Waals surface area contributed by atoms with Gasteiger partial charge < -0.3 is 4.42 Å². The summed E-state index contributed by atoms with van der Waals surface area (Å²) in [5, 5.41) is 9.09. The van der Waals surface area contributed by atoms with Crippen LogP contribution in [0.3, 0.4) is 0 Å². The first kappa shape index (κ1) is 17.9. The second-order valence-electron chi connectivity index (χ2n) is 6.84. The molecule has 0 saturated carbocycles. The van der Waals surface area contributed by atoms with Crippen LogP contribution in [0.15, 0.2) is 55.8 Å². The molecule has 0 aliphatic carbocycles. The zero-order chi connectivity index (χ0) is 20.3. The molecule has 2 aromatic heterocycles. The number of halogens is 3. The standard InChI is InChI=1S/C20H12F3N3O2S/c1-9-4-10-6-14-15(28-19(27)24-14)8-13(10)18(26-25-9)17-7-11-5-12(20(21,22)23)2-3-16(11)29-17/h2-3,5-8H,4H2,1H3,(H,24,27). The molecule has 5 nitrogen and oxygen atoms in total. The average Bonchev–Trinajstić information content (AvgIpc) is 3.18. The lowest BCUT2D eigenvalue weighted by atomic mass is 9.97. The maximum atomic E-state index is 13.0. The van der Waals surface area contributed by atoms with Gasteiger partial charge in [-0.3, -0.25) is 4.98 Å². The van der Waals surface area contributed by atoms with E-state index in [2.05, 4.69) is 15.2 Å². The Labute approximate surface area is 165 Å². The Morgan fingerprint density at radius 3 is 2.76 bits per heavy atom. The molecule has 146 valence electrons. The van der Waals surface area contributed by atoms with E-state index < -0.39 is 17.5 Å². The number of aromatic amines is 1. The van der Waals surface area contributed by atoms with Crippen LogP contribution in [0.2, 0.25) is 0 Å². The minimum atomic E-state index is -4.40. The molecule has 0 saturated heterocycles. The molecule has 0 amide bonds. The fraction of sp³-hybridized carbons (Fsp3) is 0.150. The van der Waals surface area contributed by atoms with E-state index in [1.165, 1.54) is 17.4 Å². The molecule has 0 radical (unpaired) electrons. The predicted molar refractivity (Wildman–Crippen MR) is 106 cm³/mol. The number of nitrogens with zero attached hydrogens (tertiary/aromatic N) is 2. The third-order valence-corrected chi connectivity index (χ3v) is 5.87. The van der Waals surface area contributed by atoms with Crippen molar-refractivity contribution < 1.29 is 17.6 Å². The Bertz CT molecular complexity index is 1410. The van der Waals surface area contributed by atoms with Crippen molar-refractivity contribution in [3.05, 3.63) is 68.5 Å². The summed E-state index contributed by atoms with van der Waals surface area (Å²) in [7, 11) is 0. The van der Waals surface area contributed by atoms with E-state index in [1.54, 1.807) is 12.1 Å². The number of H-pyrrole nitrogens is 1. The van der Waals surface area contributed by atoms with E-state index in [0.717, 1.165) is 33.7 Å². The molecule has 1 aliphatic rings. The number of fused-ring (bicyclic) bond motifs is 3. The summed E-state index contributed by atoms with van der Waals surface area (Å²) in [6.45, 7) is 1.85. The highest BCUT2D eigenvalue weighted by Crippen LogP contribution is 2.36. The topological polar surface area (TPSA) is 70.7 Å². The van der Waals surface area contributed by atoms with Crippen molar-refractivity contribution in [3.8, 4) is 0 Å². The molecule has 5 rings (SSSR count). The highest BCUT2D eigenvalue weighted by Gasteiger charge is 2.30. The summed E-state index contributed by atoms with van der Waals surface area (Å²) in [5.41, 5.74) is 3.24. The summed E-state index contributed by atoms with van der Waals surface area (Å²) < 4.78 is 45.0. The second kappa shape index (κ2) is 6.15. The number of alkyl halides is 3. The van der Waals surface area contributed by atoms with Gasteiger partial charge in [0.2, 0.25) is 0 Å². The van der Waals surface area contributed by atoms with E-state index in [0.29, 0.717) is 33.5 Å². The Balaban J connectivity index is 1.71. The van der Waals surface area contributed by atoms with Crippen LogP contribution in [-0.2, 0) is 12.6 Å². The van der Waals surface area contributed by atoms with Gasteiger partial charge in [0.15, 0.2) is 5.58 Å². The molecule has 0 unspecified atom stereocenters. The van der Waals surface area contributed by atoms with Crippen molar-refractivity contribution in [1.29, 1.82) is 0 Å². The van der Waals surface area contributed by atoms with Crippen molar-refractivity contribution in [3.63, 3.8) is 0 Å². The first-order valence-corrected chi connectivity index (χ1v) is 9.48. The molecule has 0 atom stereocenters. The van der Waals surface area contributed by atoms with Gasteiger partial charge >= 0.3 is 11.9 Å². The number of oxazole rings is 1. The van der Waals surface area contributed by atoms with E-state index in [-0.39, 0.29) is 0 Å². The van der Waals surface area contributed by atoms with Crippen molar-refractivity contribution in [2.24, 2.45) is 10.2 Å². The minimum Gasteiger partial charge on any atom is -0.408 e. The van der Waals surface area contributed by atoms with Crippen LogP contribution in [0, 0.1) is 0 Å². The highest BCUT2D eigenvalue weighted by molar-refractivity contribution is 7.21. The number of benzene rings is 2.